The van der Waals surface area contributed by atoms with Crippen LogP contribution in [0.2, 0.25) is 0 Å². The minimum absolute atomic E-state index is 0.131. The number of fused-ring (bicyclic) bond motifs is 1. The van der Waals surface area contributed by atoms with Crippen LogP contribution < -0.4 is 11.1 Å². The Kier molecular flexibility index (Phi) is 3.41. The molecule has 0 aliphatic heterocycles. The monoisotopic (exact) mass is 269 g/mol. The van der Waals surface area contributed by atoms with Gasteiger partial charge in [0.15, 0.2) is 0 Å². The standard InChI is InChI=1S/C11H9F2N3O3/c1-6(17)19-15-16-10(9(12)13)14-8-5-3-2-4-7(8)11(16)18/h2-5,9,15H,1H3. The molecular formula is C11H9F2N3O3. The number of nitrogens with zero attached hydrogens (tertiary/aromatic N) is 2. The lowest BCUT2D eigenvalue weighted by Crippen LogP contribution is -2.34. The van der Waals surface area contributed by atoms with Crippen molar-refractivity contribution in [2.24, 2.45) is 0 Å². The van der Waals surface area contributed by atoms with Gasteiger partial charge in [0, 0.05) is 6.92 Å². The molecule has 0 bridgehead atoms. The summed E-state index contributed by atoms with van der Waals surface area (Å²) in [6, 6.07) is 6.03. The van der Waals surface area contributed by atoms with Gasteiger partial charge in [0.25, 0.3) is 12.0 Å². The van der Waals surface area contributed by atoms with Crippen molar-refractivity contribution in [3.05, 3.63) is 40.4 Å². The minimum atomic E-state index is -3.00. The predicted octanol–water partition coefficient (Wildman–Crippen LogP) is 1.36. The Morgan fingerprint density at radius 1 is 1.42 bits per heavy atom. The molecule has 19 heavy (non-hydrogen) atoms. The molecule has 1 aromatic carbocycles. The zero-order valence-corrected chi connectivity index (χ0v) is 9.76. The summed E-state index contributed by atoms with van der Waals surface area (Å²) in [6.07, 6.45) is -3.00. The van der Waals surface area contributed by atoms with Gasteiger partial charge in [-0.25, -0.2) is 18.6 Å². The van der Waals surface area contributed by atoms with E-state index < -0.39 is 23.8 Å². The average Bonchev–Trinajstić information content (AvgIpc) is 2.37. The van der Waals surface area contributed by atoms with Gasteiger partial charge < -0.3 is 4.84 Å². The Balaban J connectivity index is 2.64. The molecular weight excluding hydrogens is 260 g/mol. The van der Waals surface area contributed by atoms with Crippen LogP contribution in [-0.2, 0) is 9.63 Å². The highest BCUT2D eigenvalue weighted by molar-refractivity contribution is 5.77. The van der Waals surface area contributed by atoms with E-state index in [1.165, 1.54) is 12.1 Å². The molecule has 6 nitrogen and oxygen atoms in total. The highest BCUT2D eigenvalue weighted by atomic mass is 19.3. The van der Waals surface area contributed by atoms with E-state index in [1.807, 2.05) is 5.59 Å². The van der Waals surface area contributed by atoms with Gasteiger partial charge in [-0.15, -0.1) is 5.59 Å². The van der Waals surface area contributed by atoms with Gasteiger partial charge in [0.05, 0.1) is 10.9 Å². The summed E-state index contributed by atoms with van der Waals surface area (Å²) < 4.78 is 26.1. The number of hydrogen-bond donors (Lipinski definition) is 1. The number of rotatable bonds is 3. The van der Waals surface area contributed by atoms with Crippen LogP contribution in [0.25, 0.3) is 10.9 Å². The summed E-state index contributed by atoms with van der Waals surface area (Å²) in [6.45, 7) is 1.06. The van der Waals surface area contributed by atoms with Gasteiger partial charge in [-0.2, -0.15) is 4.68 Å². The molecule has 0 saturated carbocycles. The Labute approximate surface area is 105 Å². The maximum Gasteiger partial charge on any atom is 0.331 e. The highest BCUT2D eigenvalue weighted by Crippen LogP contribution is 2.17. The van der Waals surface area contributed by atoms with E-state index in [0.717, 1.165) is 6.92 Å². The molecule has 0 fully saturated rings. The van der Waals surface area contributed by atoms with Gasteiger partial charge >= 0.3 is 5.97 Å². The van der Waals surface area contributed by atoms with Crippen LogP contribution >= 0.6 is 0 Å². The third-order valence-corrected chi connectivity index (χ3v) is 2.28. The highest BCUT2D eigenvalue weighted by Gasteiger charge is 2.19. The number of halogens is 2. The summed E-state index contributed by atoms with van der Waals surface area (Å²) in [7, 11) is 0. The van der Waals surface area contributed by atoms with E-state index in [4.69, 9.17) is 0 Å². The summed E-state index contributed by atoms with van der Waals surface area (Å²) in [5, 5.41) is 0.131. The van der Waals surface area contributed by atoms with Crippen LogP contribution in [0.4, 0.5) is 8.78 Å². The van der Waals surface area contributed by atoms with Crippen molar-refractivity contribution in [3.8, 4) is 0 Å². The Hall–Kier alpha value is -2.51. The van der Waals surface area contributed by atoms with Crippen LogP contribution in [0.1, 0.15) is 19.2 Å². The van der Waals surface area contributed by atoms with Crippen molar-refractivity contribution in [2.75, 3.05) is 5.59 Å². The smallest absolute Gasteiger partial charge is 0.328 e. The minimum Gasteiger partial charge on any atom is -0.328 e. The largest absolute Gasteiger partial charge is 0.331 e. The molecule has 1 N–H and O–H groups in total. The van der Waals surface area contributed by atoms with E-state index in [9.17, 15) is 18.4 Å². The zero-order chi connectivity index (χ0) is 14.0. The van der Waals surface area contributed by atoms with E-state index >= 15 is 0 Å². The maximum atomic E-state index is 12.9. The lowest BCUT2D eigenvalue weighted by atomic mass is 10.2. The summed E-state index contributed by atoms with van der Waals surface area (Å²) in [5.41, 5.74) is 1.23. The van der Waals surface area contributed by atoms with Crippen LogP contribution in [0.3, 0.4) is 0 Å². The predicted molar refractivity (Wildman–Crippen MR) is 62.1 cm³/mol. The number of hydrogen-bond acceptors (Lipinski definition) is 5. The number of benzene rings is 1. The van der Waals surface area contributed by atoms with E-state index in [2.05, 4.69) is 9.82 Å². The number of carbonyl (C=O) groups is 1. The van der Waals surface area contributed by atoms with Crippen molar-refractivity contribution >= 4 is 16.9 Å². The molecule has 1 heterocycles. The van der Waals surface area contributed by atoms with Crippen LogP contribution in [0.5, 0.6) is 0 Å². The fourth-order valence-corrected chi connectivity index (χ4v) is 1.49. The normalized spacial score (nSPS) is 10.7. The van der Waals surface area contributed by atoms with Crippen LogP contribution in [0.15, 0.2) is 29.1 Å². The number of nitrogens with one attached hydrogen (secondary N) is 1. The molecule has 0 aliphatic rings. The number of aromatic nitrogens is 2. The second-order valence-corrected chi connectivity index (χ2v) is 3.61. The molecule has 0 aliphatic carbocycles. The third kappa shape index (κ3) is 2.51. The Morgan fingerprint density at radius 3 is 2.74 bits per heavy atom. The van der Waals surface area contributed by atoms with Crippen molar-refractivity contribution in [3.63, 3.8) is 0 Å². The lowest BCUT2D eigenvalue weighted by Gasteiger charge is -2.13. The number of alkyl halides is 2. The summed E-state index contributed by atoms with van der Waals surface area (Å²) >= 11 is 0. The molecule has 2 aromatic rings. The molecule has 0 spiro atoms. The first kappa shape index (κ1) is 12.9. The topological polar surface area (TPSA) is 73.2 Å². The van der Waals surface area contributed by atoms with Gasteiger partial charge in [0.1, 0.15) is 0 Å². The van der Waals surface area contributed by atoms with Gasteiger partial charge in [-0.3, -0.25) is 4.79 Å². The number of carbonyl (C=O) groups excluding carboxylic acids is 1. The van der Waals surface area contributed by atoms with Crippen molar-refractivity contribution in [1.82, 2.24) is 9.66 Å². The molecule has 0 atom stereocenters. The van der Waals surface area contributed by atoms with Gasteiger partial charge in [-0.05, 0) is 12.1 Å². The molecule has 0 radical (unpaired) electrons. The van der Waals surface area contributed by atoms with Crippen LogP contribution in [0, 0.1) is 0 Å². The first-order chi connectivity index (χ1) is 9.00. The van der Waals surface area contributed by atoms with Gasteiger partial charge in [0.2, 0.25) is 5.82 Å². The lowest BCUT2D eigenvalue weighted by molar-refractivity contribution is -0.139. The average molecular weight is 269 g/mol. The second-order valence-electron chi connectivity index (χ2n) is 3.61. The Morgan fingerprint density at radius 2 is 2.11 bits per heavy atom. The SMILES string of the molecule is CC(=O)ONn1c(C(F)F)nc2ccccc2c1=O. The molecule has 100 valence electrons. The van der Waals surface area contributed by atoms with Crippen molar-refractivity contribution in [1.29, 1.82) is 0 Å². The molecule has 2 rings (SSSR count). The fourth-order valence-electron chi connectivity index (χ4n) is 1.49. The summed E-state index contributed by atoms with van der Waals surface area (Å²) in [5.74, 6) is -1.61. The van der Waals surface area contributed by atoms with E-state index in [0.29, 0.717) is 4.68 Å². The van der Waals surface area contributed by atoms with Crippen molar-refractivity contribution in [2.45, 2.75) is 13.3 Å². The first-order valence-corrected chi connectivity index (χ1v) is 5.24. The molecule has 8 heteroatoms. The van der Waals surface area contributed by atoms with Gasteiger partial charge in [-0.1, -0.05) is 12.1 Å². The second kappa shape index (κ2) is 5.01. The van der Waals surface area contributed by atoms with Crippen LogP contribution in [-0.4, -0.2) is 15.6 Å². The zero-order valence-electron chi connectivity index (χ0n) is 9.76. The summed E-state index contributed by atoms with van der Waals surface area (Å²) in [4.78, 5) is 30.7. The fraction of sp³-hybridized carbons (Fsp3) is 0.182. The van der Waals surface area contributed by atoms with E-state index in [-0.39, 0.29) is 10.9 Å². The third-order valence-electron chi connectivity index (χ3n) is 2.28. The Bertz CT molecular complexity index is 684. The first-order valence-electron chi connectivity index (χ1n) is 5.24. The molecule has 0 saturated heterocycles. The quantitative estimate of drug-likeness (QED) is 0.851. The molecule has 1 aromatic heterocycles. The molecule has 0 unspecified atom stereocenters. The van der Waals surface area contributed by atoms with Crippen molar-refractivity contribution < 1.29 is 18.4 Å². The van der Waals surface area contributed by atoms with E-state index in [1.54, 1.807) is 12.1 Å². The number of para-hydroxylation sites is 1. The molecule has 0 amide bonds. The maximum absolute atomic E-state index is 12.9.